The van der Waals surface area contributed by atoms with Gasteiger partial charge in [-0.1, -0.05) is 6.07 Å². The Morgan fingerprint density at radius 2 is 2.25 bits per heavy atom. The molecule has 1 aliphatic heterocycles. The van der Waals surface area contributed by atoms with Crippen LogP contribution in [0.2, 0.25) is 0 Å². The molecule has 0 fully saturated rings. The predicted molar refractivity (Wildman–Crippen MR) is 49.4 cm³/mol. The zero-order chi connectivity index (χ0) is 8.72. The van der Waals surface area contributed by atoms with Gasteiger partial charge in [0.2, 0.25) is 0 Å². The molecule has 0 bridgehead atoms. The summed E-state index contributed by atoms with van der Waals surface area (Å²) >= 11 is 0. The third-order valence-electron chi connectivity index (χ3n) is 2.17. The van der Waals surface area contributed by atoms with Gasteiger partial charge in [0.15, 0.2) is 0 Å². The molecular weight excluding hydrogens is 150 g/mol. The predicted octanol–water partition coefficient (Wildman–Crippen LogP) is 1.90. The Labute approximate surface area is 72.3 Å². The number of anilines is 1. The highest BCUT2D eigenvalue weighted by Crippen LogP contribution is 2.35. The van der Waals surface area contributed by atoms with E-state index in [-0.39, 0.29) is 6.10 Å². The average molecular weight is 163 g/mol. The van der Waals surface area contributed by atoms with Crippen molar-refractivity contribution in [1.82, 2.24) is 0 Å². The van der Waals surface area contributed by atoms with Crippen LogP contribution in [0.1, 0.15) is 18.1 Å². The van der Waals surface area contributed by atoms with Gasteiger partial charge in [0.25, 0.3) is 0 Å². The Bertz CT molecular complexity index is 320. The van der Waals surface area contributed by atoms with Crippen molar-refractivity contribution in [3.63, 3.8) is 0 Å². The van der Waals surface area contributed by atoms with E-state index in [9.17, 15) is 0 Å². The van der Waals surface area contributed by atoms with Gasteiger partial charge >= 0.3 is 0 Å². The Morgan fingerprint density at radius 3 is 3.00 bits per heavy atom. The number of rotatable bonds is 0. The summed E-state index contributed by atoms with van der Waals surface area (Å²) in [5, 5.41) is 0. The molecule has 1 aliphatic rings. The maximum absolute atomic E-state index is 5.81. The van der Waals surface area contributed by atoms with Crippen molar-refractivity contribution in [3.8, 4) is 5.75 Å². The van der Waals surface area contributed by atoms with Gasteiger partial charge in [-0.3, -0.25) is 0 Å². The summed E-state index contributed by atoms with van der Waals surface area (Å²) in [5.41, 5.74) is 9.04. The molecule has 2 N–H and O–H groups in total. The van der Waals surface area contributed by atoms with Gasteiger partial charge in [-0.2, -0.15) is 0 Å². The first kappa shape index (κ1) is 7.47. The van der Waals surface area contributed by atoms with Crippen molar-refractivity contribution >= 4 is 5.69 Å². The van der Waals surface area contributed by atoms with Gasteiger partial charge in [-0.15, -0.1) is 0 Å². The monoisotopic (exact) mass is 163 g/mol. The number of hydrogen-bond acceptors (Lipinski definition) is 2. The molecule has 0 radical (unpaired) electrons. The smallest absolute Gasteiger partial charge is 0.145 e. The number of hydrogen-bond donors (Lipinski definition) is 1. The summed E-state index contributed by atoms with van der Waals surface area (Å²) in [6, 6.07) is 4.10. The zero-order valence-corrected chi connectivity index (χ0v) is 7.42. The average Bonchev–Trinajstić information content (AvgIpc) is 2.29. The number of nitrogens with two attached hydrogens (primary N) is 1. The summed E-state index contributed by atoms with van der Waals surface area (Å²) in [6.45, 7) is 4.12. The van der Waals surface area contributed by atoms with Gasteiger partial charge in [0.05, 0.1) is 5.69 Å². The largest absolute Gasteiger partial charge is 0.488 e. The fourth-order valence-corrected chi connectivity index (χ4v) is 1.73. The number of benzene rings is 1. The van der Waals surface area contributed by atoms with E-state index in [1.165, 1.54) is 11.1 Å². The number of aryl methyl sites for hydroxylation is 1. The highest BCUT2D eigenvalue weighted by Gasteiger charge is 2.21. The fourth-order valence-electron chi connectivity index (χ4n) is 1.73. The molecule has 2 rings (SSSR count). The van der Waals surface area contributed by atoms with Crippen LogP contribution < -0.4 is 10.5 Å². The molecule has 1 atom stereocenters. The minimum Gasteiger partial charge on any atom is -0.488 e. The number of ether oxygens (including phenoxy) is 1. The van der Waals surface area contributed by atoms with Crippen LogP contribution in [0, 0.1) is 6.92 Å². The molecule has 0 amide bonds. The molecule has 0 spiro atoms. The standard InChI is InChI=1S/C10H13NO/c1-6-3-8-5-7(2)12-10(8)9(11)4-6/h3-4,7H,5,11H2,1-2H3. The minimum atomic E-state index is 0.282. The summed E-state index contributed by atoms with van der Waals surface area (Å²) < 4.78 is 5.57. The molecular formula is C10H13NO. The molecule has 1 aromatic rings. The first-order valence-electron chi connectivity index (χ1n) is 4.22. The van der Waals surface area contributed by atoms with Crippen LogP contribution >= 0.6 is 0 Å². The zero-order valence-electron chi connectivity index (χ0n) is 7.42. The van der Waals surface area contributed by atoms with Crippen LogP contribution in [0.15, 0.2) is 12.1 Å². The Balaban J connectivity index is 2.52. The lowest BCUT2D eigenvalue weighted by molar-refractivity contribution is 0.256. The van der Waals surface area contributed by atoms with Gasteiger partial charge in [0.1, 0.15) is 11.9 Å². The third-order valence-corrected chi connectivity index (χ3v) is 2.17. The summed E-state index contributed by atoms with van der Waals surface area (Å²) in [5.74, 6) is 0.896. The van der Waals surface area contributed by atoms with E-state index in [1.54, 1.807) is 0 Å². The molecule has 64 valence electrons. The molecule has 0 saturated carbocycles. The lowest BCUT2D eigenvalue weighted by atomic mass is 10.1. The van der Waals surface area contributed by atoms with E-state index in [4.69, 9.17) is 10.5 Å². The van der Waals surface area contributed by atoms with E-state index >= 15 is 0 Å². The maximum Gasteiger partial charge on any atom is 0.145 e. The van der Waals surface area contributed by atoms with E-state index < -0.39 is 0 Å². The molecule has 0 saturated heterocycles. The Morgan fingerprint density at radius 1 is 1.50 bits per heavy atom. The van der Waals surface area contributed by atoms with Gasteiger partial charge in [-0.05, 0) is 25.5 Å². The van der Waals surface area contributed by atoms with Crippen molar-refractivity contribution in [3.05, 3.63) is 23.3 Å². The van der Waals surface area contributed by atoms with Gasteiger partial charge in [0, 0.05) is 12.0 Å². The van der Waals surface area contributed by atoms with Crippen LogP contribution in [0.4, 0.5) is 5.69 Å². The second kappa shape index (κ2) is 2.41. The van der Waals surface area contributed by atoms with Crippen LogP contribution in [0.3, 0.4) is 0 Å². The molecule has 1 aromatic carbocycles. The van der Waals surface area contributed by atoms with E-state index in [0.29, 0.717) is 0 Å². The molecule has 2 heteroatoms. The highest BCUT2D eigenvalue weighted by molar-refractivity contribution is 5.60. The van der Waals surface area contributed by atoms with Crippen LogP contribution in [-0.4, -0.2) is 6.10 Å². The van der Waals surface area contributed by atoms with E-state index in [2.05, 4.69) is 19.9 Å². The normalized spacial score (nSPS) is 20.3. The SMILES string of the molecule is Cc1cc(N)c2c(c1)CC(C)O2. The third kappa shape index (κ3) is 1.04. The van der Waals surface area contributed by atoms with Gasteiger partial charge < -0.3 is 10.5 Å². The summed E-state index contributed by atoms with van der Waals surface area (Å²) in [6.07, 6.45) is 1.27. The van der Waals surface area contributed by atoms with E-state index in [1.807, 2.05) is 6.07 Å². The van der Waals surface area contributed by atoms with Crippen molar-refractivity contribution < 1.29 is 4.74 Å². The van der Waals surface area contributed by atoms with Gasteiger partial charge in [-0.25, -0.2) is 0 Å². The van der Waals surface area contributed by atoms with Crippen LogP contribution in [0.5, 0.6) is 5.75 Å². The fraction of sp³-hybridized carbons (Fsp3) is 0.400. The topological polar surface area (TPSA) is 35.2 Å². The Kier molecular flexibility index (Phi) is 1.50. The molecule has 12 heavy (non-hydrogen) atoms. The Hall–Kier alpha value is -1.18. The quantitative estimate of drug-likeness (QED) is 0.593. The van der Waals surface area contributed by atoms with Crippen molar-refractivity contribution in [1.29, 1.82) is 0 Å². The van der Waals surface area contributed by atoms with Crippen LogP contribution in [-0.2, 0) is 6.42 Å². The van der Waals surface area contributed by atoms with E-state index in [0.717, 1.165) is 17.9 Å². The summed E-state index contributed by atoms with van der Waals surface area (Å²) in [7, 11) is 0. The lowest BCUT2D eigenvalue weighted by Crippen LogP contribution is -2.05. The number of nitrogen functional groups attached to an aromatic ring is 1. The molecule has 1 heterocycles. The van der Waals surface area contributed by atoms with Crippen molar-refractivity contribution in [2.24, 2.45) is 0 Å². The van der Waals surface area contributed by atoms with Crippen molar-refractivity contribution in [2.45, 2.75) is 26.4 Å². The second-order valence-corrected chi connectivity index (χ2v) is 3.47. The lowest BCUT2D eigenvalue weighted by Gasteiger charge is -2.05. The molecule has 0 aliphatic carbocycles. The molecule has 0 aromatic heterocycles. The first-order chi connectivity index (χ1) is 5.66. The summed E-state index contributed by atoms with van der Waals surface area (Å²) in [4.78, 5) is 0. The minimum absolute atomic E-state index is 0.282. The first-order valence-corrected chi connectivity index (χ1v) is 4.22. The number of fused-ring (bicyclic) bond motifs is 1. The van der Waals surface area contributed by atoms with Crippen LogP contribution in [0.25, 0.3) is 0 Å². The van der Waals surface area contributed by atoms with Crippen molar-refractivity contribution in [2.75, 3.05) is 5.73 Å². The molecule has 1 unspecified atom stereocenters. The second-order valence-electron chi connectivity index (χ2n) is 3.47. The maximum atomic E-state index is 5.81. The molecule has 2 nitrogen and oxygen atoms in total. The highest BCUT2D eigenvalue weighted by atomic mass is 16.5.